The van der Waals surface area contributed by atoms with Crippen LogP contribution >= 0.6 is 0 Å². The highest BCUT2D eigenvalue weighted by Crippen LogP contribution is 2.36. The number of nitrogens with one attached hydrogen (secondary N) is 1. The molecule has 1 heterocycles. The molecule has 0 unspecified atom stereocenters. The smallest absolute Gasteiger partial charge is 0.370 e. The van der Waals surface area contributed by atoms with Gasteiger partial charge in [0.15, 0.2) is 0 Å². The van der Waals surface area contributed by atoms with Gasteiger partial charge in [-0.25, -0.2) is 0 Å². The molecule has 1 amide bonds. The summed E-state index contributed by atoms with van der Waals surface area (Å²) in [6, 6.07) is 10.6. The minimum atomic E-state index is -4.45. The van der Waals surface area contributed by atoms with Gasteiger partial charge in [0, 0.05) is 18.7 Å². The number of alkyl halides is 3. The van der Waals surface area contributed by atoms with Crippen LogP contribution in [-0.4, -0.2) is 19.0 Å². The highest BCUT2D eigenvalue weighted by atomic mass is 19.4. The molecule has 1 aliphatic heterocycles. The summed E-state index contributed by atoms with van der Waals surface area (Å²) < 4.78 is 39.3. The Morgan fingerprint density at radius 1 is 1.08 bits per heavy atom. The van der Waals surface area contributed by atoms with E-state index in [0.717, 1.165) is 50.0 Å². The van der Waals surface area contributed by atoms with Gasteiger partial charge in [-0.1, -0.05) is 19.1 Å². The highest BCUT2D eigenvalue weighted by molar-refractivity contribution is 6.06. The lowest BCUT2D eigenvalue weighted by Crippen LogP contribution is -2.22. The molecule has 2 aromatic rings. The van der Waals surface area contributed by atoms with Gasteiger partial charge >= 0.3 is 6.18 Å². The largest absolute Gasteiger partial charge is 0.416 e. The Kier molecular flexibility index (Phi) is 5.20. The summed E-state index contributed by atoms with van der Waals surface area (Å²) in [5.74, 6) is -0.410. The Hall–Kier alpha value is -2.50. The van der Waals surface area contributed by atoms with E-state index in [1.54, 1.807) is 12.1 Å². The van der Waals surface area contributed by atoms with E-state index in [0.29, 0.717) is 11.3 Å². The number of carbonyl (C=O) groups is 1. The van der Waals surface area contributed by atoms with Gasteiger partial charge in [-0.3, -0.25) is 4.79 Å². The van der Waals surface area contributed by atoms with Gasteiger partial charge in [0.1, 0.15) is 0 Å². The molecule has 6 heteroatoms. The first-order chi connectivity index (χ1) is 12.4. The number of amides is 1. The standard InChI is InChI=1S/C20H21F3N2O/c1-2-14-5-7-15(8-6-14)19(26)24-17-13-16(20(21,22)23)9-10-18(17)25-11-3-4-12-25/h5-10,13H,2-4,11-12H2,1H3,(H,24,26). The second-order valence-corrected chi connectivity index (χ2v) is 6.43. The van der Waals surface area contributed by atoms with Gasteiger partial charge in [-0.05, 0) is 55.2 Å². The van der Waals surface area contributed by atoms with Crippen LogP contribution in [0, 0.1) is 0 Å². The Morgan fingerprint density at radius 3 is 2.31 bits per heavy atom. The first kappa shape index (κ1) is 18.3. The third-order valence-electron chi connectivity index (χ3n) is 4.64. The van der Waals surface area contributed by atoms with Crippen LogP contribution in [0.25, 0.3) is 0 Å². The number of carbonyl (C=O) groups excluding carboxylic acids is 1. The number of halogens is 3. The third-order valence-corrected chi connectivity index (χ3v) is 4.64. The van der Waals surface area contributed by atoms with E-state index in [1.807, 2.05) is 24.0 Å². The van der Waals surface area contributed by atoms with Gasteiger partial charge in [0.25, 0.3) is 5.91 Å². The molecule has 26 heavy (non-hydrogen) atoms. The van der Waals surface area contributed by atoms with Gasteiger partial charge < -0.3 is 10.2 Å². The van der Waals surface area contributed by atoms with Crippen molar-refractivity contribution in [2.75, 3.05) is 23.3 Å². The summed E-state index contributed by atoms with van der Waals surface area (Å²) in [4.78, 5) is 14.5. The van der Waals surface area contributed by atoms with E-state index in [9.17, 15) is 18.0 Å². The zero-order chi connectivity index (χ0) is 18.7. The predicted molar refractivity (Wildman–Crippen MR) is 96.7 cm³/mol. The molecule has 0 aliphatic carbocycles. The van der Waals surface area contributed by atoms with Gasteiger partial charge in [-0.15, -0.1) is 0 Å². The number of hydrogen-bond donors (Lipinski definition) is 1. The maximum atomic E-state index is 13.1. The molecule has 0 atom stereocenters. The molecule has 1 saturated heterocycles. The van der Waals surface area contributed by atoms with Crippen LogP contribution in [0.15, 0.2) is 42.5 Å². The first-order valence-electron chi connectivity index (χ1n) is 8.75. The van der Waals surface area contributed by atoms with Crippen LogP contribution in [-0.2, 0) is 12.6 Å². The van der Waals surface area contributed by atoms with Crippen molar-refractivity contribution in [2.45, 2.75) is 32.4 Å². The molecule has 0 radical (unpaired) electrons. The van der Waals surface area contributed by atoms with Gasteiger partial charge in [0.05, 0.1) is 16.9 Å². The van der Waals surface area contributed by atoms with Crippen LogP contribution in [0.3, 0.4) is 0 Å². The molecule has 138 valence electrons. The maximum absolute atomic E-state index is 13.1. The topological polar surface area (TPSA) is 32.3 Å². The number of benzene rings is 2. The maximum Gasteiger partial charge on any atom is 0.416 e. The molecule has 3 rings (SSSR count). The van der Waals surface area contributed by atoms with E-state index in [1.165, 1.54) is 6.07 Å². The number of hydrogen-bond acceptors (Lipinski definition) is 2. The molecule has 2 aromatic carbocycles. The normalized spacial score (nSPS) is 14.5. The zero-order valence-corrected chi connectivity index (χ0v) is 14.6. The monoisotopic (exact) mass is 362 g/mol. The Labute approximate surface area is 150 Å². The van der Waals surface area contributed by atoms with Gasteiger partial charge in [0.2, 0.25) is 0 Å². The zero-order valence-electron chi connectivity index (χ0n) is 14.6. The van der Waals surface area contributed by atoms with Crippen LogP contribution in [0.1, 0.15) is 41.3 Å². The second-order valence-electron chi connectivity index (χ2n) is 6.43. The molecule has 1 aliphatic rings. The van der Waals surface area contributed by atoms with E-state index >= 15 is 0 Å². The van der Waals surface area contributed by atoms with Crippen molar-refractivity contribution in [3.05, 3.63) is 59.2 Å². The molecule has 0 bridgehead atoms. The molecule has 0 aromatic heterocycles. The predicted octanol–water partition coefficient (Wildman–Crippen LogP) is 5.12. The summed E-state index contributed by atoms with van der Waals surface area (Å²) in [7, 11) is 0. The number of anilines is 2. The second kappa shape index (κ2) is 7.40. The molecule has 3 nitrogen and oxygen atoms in total. The van der Waals surface area contributed by atoms with Crippen molar-refractivity contribution in [1.29, 1.82) is 0 Å². The van der Waals surface area contributed by atoms with Crippen LogP contribution in [0.2, 0.25) is 0 Å². The van der Waals surface area contributed by atoms with E-state index in [2.05, 4.69) is 5.32 Å². The lowest BCUT2D eigenvalue weighted by atomic mass is 10.1. The van der Waals surface area contributed by atoms with E-state index < -0.39 is 17.6 Å². The van der Waals surface area contributed by atoms with E-state index in [-0.39, 0.29) is 5.69 Å². The summed E-state index contributed by atoms with van der Waals surface area (Å²) in [6.07, 6.45) is -1.61. The van der Waals surface area contributed by atoms with Crippen molar-refractivity contribution in [1.82, 2.24) is 0 Å². The fourth-order valence-electron chi connectivity index (χ4n) is 3.13. The first-order valence-corrected chi connectivity index (χ1v) is 8.75. The van der Waals surface area contributed by atoms with Crippen LogP contribution in [0.4, 0.5) is 24.5 Å². The third kappa shape index (κ3) is 4.00. The molecular weight excluding hydrogens is 341 g/mol. The van der Waals surface area contributed by atoms with Crippen molar-refractivity contribution in [3.63, 3.8) is 0 Å². The van der Waals surface area contributed by atoms with Crippen LogP contribution in [0.5, 0.6) is 0 Å². The number of rotatable bonds is 4. The van der Waals surface area contributed by atoms with Crippen molar-refractivity contribution in [3.8, 4) is 0 Å². The minimum Gasteiger partial charge on any atom is -0.370 e. The molecule has 0 saturated carbocycles. The summed E-state index contributed by atoms with van der Waals surface area (Å²) >= 11 is 0. The van der Waals surface area contributed by atoms with Crippen molar-refractivity contribution >= 4 is 17.3 Å². The average Bonchev–Trinajstić information content (AvgIpc) is 3.15. The quantitative estimate of drug-likeness (QED) is 0.819. The average molecular weight is 362 g/mol. The number of aryl methyl sites for hydroxylation is 1. The molecule has 1 fully saturated rings. The van der Waals surface area contributed by atoms with Gasteiger partial charge in [-0.2, -0.15) is 13.2 Å². The Balaban J connectivity index is 1.91. The summed E-state index contributed by atoms with van der Waals surface area (Å²) in [6.45, 7) is 3.57. The molecule has 0 spiro atoms. The SMILES string of the molecule is CCc1ccc(C(=O)Nc2cc(C(F)(F)F)ccc2N2CCCC2)cc1. The lowest BCUT2D eigenvalue weighted by molar-refractivity contribution is -0.137. The summed E-state index contributed by atoms with van der Waals surface area (Å²) in [5, 5.41) is 2.67. The lowest BCUT2D eigenvalue weighted by Gasteiger charge is -2.23. The summed E-state index contributed by atoms with van der Waals surface area (Å²) in [5.41, 5.74) is 1.59. The van der Waals surface area contributed by atoms with Crippen LogP contribution < -0.4 is 10.2 Å². The van der Waals surface area contributed by atoms with Crippen molar-refractivity contribution in [2.24, 2.45) is 0 Å². The Morgan fingerprint density at radius 2 is 1.73 bits per heavy atom. The fraction of sp³-hybridized carbons (Fsp3) is 0.350. The molecular formula is C20H21F3N2O. The minimum absolute atomic E-state index is 0.200. The van der Waals surface area contributed by atoms with Crippen molar-refractivity contribution < 1.29 is 18.0 Å². The number of nitrogens with zero attached hydrogens (tertiary/aromatic N) is 1. The molecule has 1 N–H and O–H groups in total. The fourth-order valence-corrected chi connectivity index (χ4v) is 3.13. The highest BCUT2D eigenvalue weighted by Gasteiger charge is 2.32. The Bertz CT molecular complexity index is 779. The van der Waals surface area contributed by atoms with E-state index in [4.69, 9.17) is 0 Å².